The molecule has 0 saturated heterocycles. The van der Waals surface area contributed by atoms with Crippen molar-refractivity contribution in [2.24, 2.45) is 0 Å². The minimum Gasteiger partial charge on any atom is -0.492 e. The van der Waals surface area contributed by atoms with E-state index in [1.165, 1.54) is 12.1 Å². The highest BCUT2D eigenvalue weighted by atomic mass is 79.9. The topological polar surface area (TPSA) is 55.4 Å². The molecule has 0 aliphatic carbocycles. The summed E-state index contributed by atoms with van der Waals surface area (Å²) in [6.07, 6.45) is 0. The lowest BCUT2D eigenvalue weighted by Gasteiger charge is -2.13. The molecule has 0 saturated carbocycles. The number of ether oxygens (including phenoxy) is 1. The predicted molar refractivity (Wildman–Crippen MR) is 87.5 cm³/mol. The van der Waals surface area contributed by atoms with Gasteiger partial charge in [-0.05, 0) is 43.3 Å². The molecule has 1 N–H and O–H groups in total. The van der Waals surface area contributed by atoms with Gasteiger partial charge in [0.25, 0.3) is 10.0 Å². The van der Waals surface area contributed by atoms with Gasteiger partial charge in [0.1, 0.15) is 16.5 Å². The van der Waals surface area contributed by atoms with Crippen LogP contribution in [0.4, 0.5) is 10.1 Å². The molecule has 0 atom stereocenters. The summed E-state index contributed by atoms with van der Waals surface area (Å²) in [5.74, 6) is -0.332. The molecule has 0 fully saturated rings. The molecule has 8 heteroatoms. The first-order valence-electron chi connectivity index (χ1n) is 6.23. The molecule has 22 heavy (non-hydrogen) atoms. The lowest BCUT2D eigenvalue weighted by atomic mass is 10.3. The Morgan fingerprint density at radius 3 is 2.64 bits per heavy atom. The molecule has 0 aliphatic heterocycles. The van der Waals surface area contributed by atoms with Crippen LogP contribution in [0.15, 0.2) is 45.8 Å². The third-order valence-corrected chi connectivity index (χ3v) is 4.86. The maximum absolute atomic E-state index is 13.0. The number of anilines is 1. The highest BCUT2D eigenvalue weighted by molar-refractivity contribution is 9.10. The van der Waals surface area contributed by atoms with Crippen LogP contribution in [0.3, 0.4) is 0 Å². The number of hydrogen-bond donors (Lipinski definition) is 1. The zero-order chi connectivity index (χ0) is 16.3. The summed E-state index contributed by atoms with van der Waals surface area (Å²) >= 11 is 9.07. The van der Waals surface area contributed by atoms with Gasteiger partial charge in [0, 0.05) is 4.47 Å². The van der Waals surface area contributed by atoms with Gasteiger partial charge < -0.3 is 4.74 Å². The minimum absolute atomic E-state index is 0.0310. The van der Waals surface area contributed by atoms with Gasteiger partial charge in [-0.1, -0.05) is 27.5 Å². The van der Waals surface area contributed by atoms with Crippen LogP contribution in [0, 0.1) is 5.82 Å². The van der Waals surface area contributed by atoms with Gasteiger partial charge in [0.05, 0.1) is 17.3 Å². The quantitative estimate of drug-likeness (QED) is 0.795. The van der Waals surface area contributed by atoms with Crippen LogP contribution in [-0.4, -0.2) is 15.0 Å². The number of benzene rings is 2. The van der Waals surface area contributed by atoms with Crippen molar-refractivity contribution in [1.82, 2.24) is 0 Å². The fourth-order valence-electron chi connectivity index (χ4n) is 1.74. The Balaban J connectivity index is 2.44. The molecular weight excluding hydrogens is 397 g/mol. The van der Waals surface area contributed by atoms with E-state index in [1.54, 1.807) is 19.1 Å². The van der Waals surface area contributed by atoms with Crippen molar-refractivity contribution < 1.29 is 17.5 Å². The van der Waals surface area contributed by atoms with Crippen molar-refractivity contribution >= 4 is 43.2 Å². The first kappa shape index (κ1) is 17.1. The van der Waals surface area contributed by atoms with E-state index in [-0.39, 0.29) is 21.4 Å². The SMILES string of the molecule is CCOc1ccc(Br)cc1S(=O)(=O)Nc1ccc(F)cc1Cl. The van der Waals surface area contributed by atoms with Gasteiger partial charge in [-0.15, -0.1) is 0 Å². The van der Waals surface area contributed by atoms with Crippen molar-refractivity contribution in [1.29, 1.82) is 0 Å². The molecule has 0 spiro atoms. The van der Waals surface area contributed by atoms with Crippen LogP contribution in [-0.2, 0) is 10.0 Å². The Morgan fingerprint density at radius 1 is 1.27 bits per heavy atom. The fourth-order valence-corrected chi connectivity index (χ4v) is 3.77. The third-order valence-electron chi connectivity index (χ3n) is 2.67. The number of halogens is 3. The summed E-state index contributed by atoms with van der Waals surface area (Å²) in [5.41, 5.74) is 0.0884. The Kier molecular flexibility index (Phi) is 5.31. The standard InChI is InChI=1S/C14H12BrClFNO3S/c1-2-21-13-6-3-9(15)7-14(13)22(19,20)18-12-5-4-10(17)8-11(12)16/h3-8,18H,2H2,1H3. The monoisotopic (exact) mass is 407 g/mol. The average Bonchev–Trinajstić information content (AvgIpc) is 2.44. The van der Waals surface area contributed by atoms with Gasteiger partial charge in [-0.25, -0.2) is 12.8 Å². The first-order chi connectivity index (χ1) is 10.3. The average molecular weight is 409 g/mol. The molecule has 4 nitrogen and oxygen atoms in total. The van der Waals surface area contributed by atoms with Crippen LogP contribution in [0.2, 0.25) is 5.02 Å². The molecule has 2 aromatic carbocycles. The van der Waals surface area contributed by atoms with Gasteiger partial charge in [-0.2, -0.15) is 0 Å². The third kappa shape index (κ3) is 3.91. The van der Waals surface area contributed by atoms with E-state index in [1.807, 2.05) is 0 Å². The van der Waals surface area contributed by atoms with Gasteiger partial charge in [0.2, 0.25) is 0 Å². The lowest BCUT2D eigenvalue weighted by Crippen LogP contribution is -2.15. The number of hydrogen-bond acceptors (Lipinski definition) is 3. The van der Waals surface area contributed by atoms with Crippen LogP contribution in [0.5, 0.6) is 5.75 Å². The second kappa shape index (κ2) is 6.85. The highest BCUT2D eigenvalue weighted by Gasteiger charge is 2.21. The minimum atomic E-state index is -3.94. The Morgan fingerprint density at radius 2 is 2.00 bits per heavy atom. The number of sulfonamides is 1. The van der Waals surface area contributed by atoms with E-state index in [0.717, 1.165) is 12.1 Å². The Labute approximate surface area is 141 Å². The summed E-state index contributed by atoms with van der Waals surface area (Å²) in [6, 6.07) is 8.06. The van der Waals surface area contributed by atoms with Crippen LogP contribution >= 0.6 is 27.5 Å². The Bertz CT molecular complexity index is 799. The summed E-state index contributed by atoms with van der Waals surface area (Å²) in [6.45, 7) is 2.07. The van der Waals surface area contributed by atoms with E-state index >= 15 is 0 Å². The first-order valence-corrected chi connectivity index (χ1v) is 8.89. The van der Waals surface area contributed by atoms with Crippen molar-refractivity contribution in [2.75, 3.05) is 11.3 Å². The zero-order valence-corrected chi connectivity index (χ0v) is 14.6. The fraction of sp³-hybridized carbons (Fsp3) is 0.143. The summed E-state index contributed by atoms with van der Waals surface area (Å²) < 4.78 is 46.3. The van der Waals surface area contributed by atoms with E-state index < -0.39 is 15.8 Å². The van der Waals surface area contributed by atoms with Crippen LogP contribution < -0.4 is 9.46 Å². The molecule has 2 aromatic rings. The molecule has 118 valence electrons. The van der Waals surface area contributed by atoms with Crippen molar-refractivity contribution in [3.8, 4) is 5.75 Å². The molecule has 0 bridgehead atoms. The van der Waals surface area contributed by atoms with Gasteiger partial charge >= 0.3 is 0 Å². The van der Waals surface area contributed by atoms with E-state index in [0.29, 0.717) is 11.1 Å². The van der Waals surface area contributed by atoms with Gasteiger partial charge in [-0.3, -0.25) is 4.72 Å². The molecule has 0 heterocycles. The molecule has 0 aliphatic rings. The summed E-state index contributed by atoms with van der Waals surface area (Å²) in [4.78, 5) is -0.0379. The smallest absolute Gasteiger partial charge is 0.265 e. The van der Waals surface area contributed by atoms with E-state index in [9.17, 15) is 12.8 Å². The second-order valence-corrected chi connectivity index (χ2v) is 7.23. The van der Waals surface area contributed by atoms with Gasteiger partial charge in [0.15, 0.2) is 0 Å². The summed E-state index contributed by atoms with van der Waals surface area (Å²) in [7, 11) is -3.94. The number of nitrogens with one attached hydrogen (secondary N) is 1. The van der Waals surface area contributed by atoms with Crippen molar-refractivity contribution in [3.63, 3.8) is 0 Å². The molecular formula is C14H12BrClFNO3S. The van der Waals surface area contributed by atoms with Crippen LogP contribution in [0.1, 0.15) is 6.92 Å². The van der Waals surface area contributed by atoms with E-state index in [2.05, 4.69) is 20.7 Å². The molecule has 0 aromatic heterocycles. The normalized spacial score (nSPS) is 11.3. The highest BCUT2D eigenvalue weighted by Crippen LogP contribution is 2.31. The van der Waals surface area contributed by atoms with E-state index in [4.69, 9.17) is 16.3 Å². The molecule has 0 unspecified atom stereocenters. The second-order valence-electron chi connectivity index (χ2n) is 4.25. The molecule has 0 radical (unpaired) electrons. The Hall–Kier alpha value is -1.31. The summed E-state index contributed by atoms with van der Waals surface area (Å²) in [5, 5.41) is -0.0310. The lowest BCUT2D eigenvalue weighted by molar-refractivity contribution is 0.331. The number of rotatable bonds is 5. The zero-order valence-electron chi connectivity index (χ0n) is 11.4. The maximum atomic E-state index is 13.0. The van der Waals surface area contributed by atoms with Crippen molar-refractivity contribution in [3.05, 3.63) is 51.7 Å². The van der Waals surface area contributed by atoms with Crippen LogP contribution in [0.25, 0.3) is 0 Å². The predicted octanol–water partition coefficient (Wildman–Crippen LogP) is 4.44. The maximum Gasteiger partial charge on any atom is 0.265 e. The van der Waals surface area contributed by atoms with Crippen molar-refractivity contribution in [2.45, 2.75) is 11.8 Å². The molecule has 2 rings (SSSR count). The largest absolute Gasteiger partial charge is 0.492 e. The molecule has 0 amide bonds.